The minimum Gasteiger partial charge on any atom is -0.455 e. The summed E-state index contributed by atoms with van der Waals surface area (Å²) in [6.07, 6.45) is 3.21. The van der Waals surface area contributed by atoms with Crippen molar-refractivity contribution in [2.45, 2.75) is 12.8 Å². The van der Waals surface area contributed by atoms with Crippen molar-refractivity contribution in [2.24, 2.45) is 5.92 Å². The number of nitrogens with zero attached hydrogens (tertiary/aromatic N) is 1. The van der Waals surface area contributed by atoms with Gasteiger partial charge in [-0.05, 0) is 24.8 Å². The molecular weight excluding hydrogens is 342 g/mol. The molecule has 5 nitrogen and oxygen atoms in total. The quantitative estimate of drug-likeness (QED) is 0.667. The van der Waals surface area contributed by atoms with Crippen LogP contribution in [0.2, 0.25) is 0 Å². The average molecular weight is 361 g/mol. The maximum absolute atomic E-state index is 13.0. The van der Waals surface area contributed by atoms with Gasteiger partial charge < -0.3 is 9.15 Å². The molecule has 0 spiro atoms. The minimum absolute atomic E-state index is 0.237. The molecule has 2 aliphatic rings. The van der Waals surface area contributed by atoms with Gasteiger partial charge in [0.05, 0.1) is 5.57 Å². The second kappa shape index (κ2) is 6.35. The molecule has 0 unspecified atom stereocenters. The number of ether oxygens (including phenoxy) is 1. The van der Waals surface area contributed by atoms with E-state index in [0.717, 1.165) is 29.2 Å². The average Bonchev–Trinajstić information content (AvgIpc) is 3.21. The summed E-state index contributed by atoms with van der Waals surface area (Å²) in [7, 11) is 0. The predicted molar refractivity (Wildman–Crippen MR) is 102 cm³/mol. The van der Waals surface area contributed by atoms with Crippen molar-refractivity contribution in [1.82, 2.24) is 4.90 Å². The van der Waals surface area contributed by atoms with Crippen molar-refractivity contribution in [3.8, 4) is 0 Å². The third-order valence-corrected chi connectivity index (χ3v) is 5.49. The van der Waals surface area contributed by atoms with Gasteiger partial charge >= 0.3 is 0 Å². The summed E-state index contributed by atoms with van der Waals surface area (Å²) >= 11 is 0. The molecule has 1 fully saturated rings. The number of fused-ring (bicyclic) bond motifs is 3. The molecule has 0 saturated carbocycles. The molecule has 3 heterocycles. The van der Waals surface area contributed by atoms with Crippen LogP contribution < -0.4 is 0 Å². The predicted octanol–water partition coefficient (Wildman–Crippen LogP) is 3.76. The Morgan fingerprint density at radius 2 is 1.74 bits per heavy atom. The zero-order valence-corrected chi connectivity index (χ0v) is 14.8. The lowest BCUT2D eigenvalue weighted by Crippen LogP contribution is -2.37. The summed E-state index contributed by atoms with van der Waals surface area (Å²) in [6.45, 7) is 1.84. The van der Waals surface area contributed by atoms with E-state index in [4.69, 9.17) is 9.15 Å². The van der Waals surface area contributed by atoms with E-state index >= 15 is 0 Å². The van der Waals surface area contributed by atoms with Gasteiger partial charge in [0.2, 0.25) is 0 Å². The van der Waals surface area contributed by atoms with Gasteiger partial charge in [0.1, 0.15) is 11.2 Å². The Kier molecular flexibility index (Phi) is 3.83. The van der Waals surface area contributed by atoms with E-state index in [0.29, 0.717) is 42.4 Å². The summed E-state index contributed by atoms with van der Waals surface area (Å²) in [5.41, 5.74) is 2.52. The van der Waals surface area contributed by atoms with Gasteiger partial charge in [0.25, 0.3) is 11.8 Å². The fourth-order valence-corrected chi connectivity index (χ4v) is 4.02. The second-order valence-corrected chi connectivity index (χ2v) is 7.15. The van der Waals surface area contributed by atoms with Gasteiger partial charge in [-0.15, -0.1) is 0 Å². The Labute approximate surface area is 156 Å². The highest BCUT2D eigenvalue weighted by Crippen LogP contribution is 2.36. The maximum atomic E-state index is 13.0. The van der Waals surface area contributed by atoms with E-state index in [-0.39, 0.29) is 11.8 Å². The van der Waals surface area contributed by atoms with Crippen LogP contribution in [0.3, 0.4) is 0 Å². The number of imide groups is 1. The van der Waals surface area contributed by atoms with Crippen molar-refractivity contribution < 1.29 is 18.7 Å². The van der Waals surface area contributed by atoms with E-state index in [9.17, 15) is 9.59 Å². The molecule has 3 aromatic rings. The van der Waals surface area contributed by atoms with Crippen LogP contribution in [0.25, 0.3) is 27.5 Å². The lowest BCUT2D eigenvalue weighted by atomic mass is 9.99. The summed E-state index contributed by atoms with van der Waals surface area (Å²) in [6, 6.07) is 13.5. The van der Waals surface area contributed by atoms with Crippen molar-refractivity contribution in [3.63, 3.8) is 0 Å². The highest BCUT2D eigenvalue weighted by Gasteiger charge is 2.35. The van der Waals surface area contributed by atoms with Crippen LogP contribution in [0.15, 0.2) is 53.0 Å². The molecule has 2 aliphatic heterocycles. The van der Waals surface area contributed by atoms with Gasteiger partial charge in [-0.1, -0.05) is 36.4 Å². The first kappa shape index (κ1) is 16.3. The molecule has 1 saturated heterocycles. The topological polar surface area (TPSA) is 59.8 Å². The smallest absolute Gasteiger partial charge is 0.261 e. The summed E-state index contributed by atoms with van der Waals surface area (Å²) in [4.78, 5) is 26.9. The van der Waals surface area contributed by atoms with E-state index in [1.54, 1.807) is 0 Å². The standard InChI is InChI=1S/C22H19NO4/c24-20-12-18(22(25)23(20)13-14-8-10-26-11-9-14)17-6-3-5-16-15-4-1-2-7-19(15)27-21(16)17/h1-7,12,14H,8-11,13H2. The number of para-hydroxylation sites is 2. The summed E-state index contributed by atoms with van der Waals surface area (Å²) in [5.74, 6) is -0.171. The first-order valence-corrected chi connectivity index (χ1v) is 9.28. The molecule has 0 atom stereocenters. The van der Waals surface area contributed by atoms with Crippen LogP contribution in [0.4, 0.5) is 0 Å². The molecular formula is C22H19NO4. The van der Waals surface area contributed by atoms with Crippen molar-refractivity contribution in [1.29, 1.82) is 0 Å². The monoisotopic (exact) mass is 361 g/mol. The Morgan fingerprint density at radius 3 is 2.59 bits per heavy atom. The van der Waals surface area contributed by atoms with Crippen LogP contribution >= 0.6 is 0 Å². The number of carbonyl (C=O) groups is 2. The third kappa shape index (κ3) is 2.66. The first-order valence-electron chi connectivity index (χ1n) is 9.28. The second-order valence-electron chi connectivity index (χ2n) is 7.15. The number of amides is 2. The van der Waals surface area contributed by atoms with Crippen LogP contribution in [0, 0.1) is 5.92 Å². The van der Waals surface area contributed by atoms with Crippen LogP contribution in [0.1, 0.15) is 18.4 Å². The highest BCUT2D eigenvalue weighted by atomic mass is 16.5. The van der Waals surface area contributed by atoms with Gasteiger partial charge in [0, 0.05) is 42.2 Å². The van der Waals surface area contributed by atoms with E-state index in [2.05, 4.69) is 0 Å². The third-order valence-electron chi connectivity index (χ3n) is 5.49. The maximum Gasteiger partial charge on any atom is 0.261 e. The van der Waals surface area contributed by atoms with Crippen molar-refractivity contribution >= 4 is 39.3 Å². The minimum atomic E-state index is -0.241. The highest BCUT2D eigenvalue weighted by molar-refractivity contribution is 6.35. The molecule has 0 aliphatic carbocycles. The molecule has 0 bridgehead atoms. The van der Waals surface area contributed by atoms with E-state index in [1.807, 2.05) is 42.5 Å². The van der Waals surface area contributed by atoms with Crippen LogP contribution in [-0.4, -0.2) is 36.5 Å². The lowest BCUT2D eigenvalue weighted by molar-refractivity contribution is -0.137. The van der Waals surface area contributed by atoms with Crippen LogP contribution in [0.5, 0.6) is 0 Å². The number of hydrogen-bond donors (Lipinski definition) is 0. The van der Waals surface area contributed by atoms with Gasteiger partial charge in [-0.2, -0.15) is 0 Å². The van der Waals surface area contributed by atoms with Crippen LogP contribution in [-0.2, 0) is 14.3 Å². The molecule has 0 radical (unpaired) electrons. The zero-order chi connectivity index (χ0) is 18.4. The lowest BCUT2D eigenvalue weighted by Gasteiger charge is -2.26. The normalized spacial score (nSPS) is 18.7. The fourth-order valence-electron chi connectivity index (χ4n) is 4.02. The van der Waals surface area contributed by atoms with E-state index < -0.39 is 0 Å². The molecule has 0 N–H and O–H groups in total. The Bertz CT molecular complexity index is 1090. The molecule has 5 heteroatoms. The molecule has 1 aromatic heterocycles. The van der Waals surface area contributed by atoms with Crippen molar-refractivity contribution in [3.05, 3.63) is 54.1 Å². The Morgan fingerprint density at radius 1 is 0.963 bits per heavy atom. The van der Waals surface area contributed by atoms with Crippen molar-refractivity contribution in [2.75, 3.05) is 19.8 Å². The number of benzene rings is 2. The summed E-state index contributed by atoms with van der Waals surface area (Å²) in [5, 5.41) is 1.96. The van der Waals surface area contributed by atoms with Gasteiger partial charge in [-0.25, -0.2) is 0 Å². The summed E-state index contributed by atoms with van der Waals surface area (Å²) < 4.78 is 11.4. The molecule has 2 aromatic carbocycles. The Hall–Kier alpha value is -2.92. The molecule has 27 heavy (non-hydrogen) atoms. The SMILES string of the molecule is O=C1C=C(c2cccc3c2oc2ccccc23)C(=O)N1CC1CCOCC1. The number of hydrogen-bond acceptors (Lipinski definition) is 4. The number of rotatable bonds is 3. The molecule has 2 amide bonds. The number of furan rings is 1. The van der Waals surface area contributed by atoms with E-state index in [1.165, 1.54) is 11.0 Å². The first-order chi connectivity index (χ1) is 13.2. The fraction of sp³-hybridized carbons (Fsp3) is 0.273. The Balaban J connectivity index is 1.52. The number of carbonyl (C=O) groups excluding carboxylic acids is 2. The largest absolute Gasteiger partial charge is 0.455 e. The molecule has 136 valence electrons. The zero-order valence-electron chi connectivity index (χ0n) is 14.8. The van der Waals surface area contributed by atoms with Gasteiger partial charge in [0.15, 0.2) is 0 Å². The molecule has 5 rings (SSSR count). The van der Waals surface area contributed by atoms with Gasteiger partial charge in [-0.3, -0.25) is 14.5 Å².